The van der Waals surface area contributed by atoms with Crippen molar-refractivity contribution in [3.8, 4) is 5.75 Å². The number of nitrogens with one attached hydrogen (secondary N) is 2. The van der Waals surface area contributed by atoms with Crippen molar-refractivity contribution in [3.05, 3.63) is 81.8 Å². The number of H-pyrrole nitrogens is 2. The summed E-state index contributed by atoms with van der Waals surface area (Å²) in [4.78, 5) is 24.6. The summed E-state index contributed by atoms with van der Waals surface area (Å²) in [5.74, 6) is 0.316. The predicted octanol–water partition coefficient (Wildman–Crippen LogP) is 1.95. The lowest BCUT2D eigenvalue weighted by Crippen LogP contribution is -2.35. The quantitative estimate of drug-likeness (QED) is 0.688. The summed E-state index contributed by atoms with van der Waals surface area (Å²) in [7, 11) is 0. The number of aromatic amines is 2. The molecule has 6 heteroatoms. The zero-order chi connectivity index (χ0) is 16.5. The smallest absolute Gasteiger partial charge is 0.252 e. The summed E-state index contributed by atoms with van der Waals surface area (Å²) in [5.41, 5.74) is 3.78. The molecule has 1 unspecified atom stereocenters. The van der Waals surface area contributed by atoms with E-state index in [1.54, 1.807) is 24.7 Å². The molecule has 3 heterocycles. The monoisotopic (exact) mass is 322 g/mol. The van der Waals surface area contributed by atoms with Crippen molar-refractivity contribution in [1.82, 2.24) is 19.9 Å². The Balaban J connectivity index is 1.66. The molecular formula is C18H18N4O2. The van der Waals surface area contributed by atoms with E-state index in [-0.39, 0.29) is 17.2 Å². The Labute approximate surface area is 138 Å². The van der Waals surface area contributed by atoms with Crippen molar-refractivity contribution in [1.29, 1.82) is 0 Å². The van der Waals surface area contributed by atoms with Gasteiger partial charge in [-0.2, -0.15) is 0 Å². The molecule has 1 aliphatic rings. The van der Waals surface area contributed by atoms with Crippen molar-refractivity contribution in [3.63, 3.8) is 0 Å². The van der Waals surface area contributed by atoms with Crippen molar-refractivity contribution in [2.45, 2.75) is 19.0 Å². The van der Waals surface area contributed by atoms with E-state index in [1.165, 1.54) is 0 Å². The summed E-state index contributed by atoms with van der Waals surface area (Å²) in [5, 5.41) is 9.79. The van der Waals surface area contributed by atoms with Crippen LogP contribution in [0.2, 0.25) is 0 Å². The Morgan fingerprint density at radius 2 is 2.17 bits per heavy atom. The van der Waals surface area contributed by atoms with Crippen molar-refractivity contribution < 1.29 is 5.11 Å². The van der Waals surface area contributed by atoms with E-state index in [2.05, 4.69) is 19.9 Å². The van der Waals surface area contributed by atoms with Crippen molar-refractivity contribution >= 4 is 0 Å². The normalized spacial score (nSPS) is 17.6. The minimum Gasteiger partial charge on any atom is -0.508 e. The predicted molar refractivity (Wildman–Crippen MR) is 89.7 cm³/mol. The van der Waals surface area contributed by atoms with Crippen LogP contribution in [0.3, 0.4) is 0 Å². The summed E-state index contributed by atoms with van der Waals surface area (Å²) in [6, 6.07) is 11.0. The highest BCUT2D eigenvalue weighted by Gasteiger charge is 2.29. The van der Waals surface area contributed by atoms with Gasteiger partial charge in [0, 0.05) is 37.3 Å². The fourth-order valence-electron chi connectivity index (χ4n) is 3.34. The molecule has 0 amide bonds. The van der Waals surface area contributed by atoms with Crippen LogP contribution >= 0.6 is 0 Å². The van der Waals surface area contributed by atoms with Crippen LogP contribution in [0.4, 0.5) is 0 Å². The Morgan fingerprint density at radius 3 is 3.00 bits per heavy atom. The highest BCUT2D eigenvalue weighted by molar-refractivity contribution is 5.37. The van der Waals surface area contributed by atoms with Crippen LogP contribution in [0.5, 0.6) is 5.75 Å². The largest absolute Gasteiger partial charge is 0.508 e. The molecule has 122 valence electrons. The second-order valence-electron chi connectivity index (χ2n) is 6.11. The van der Waals surface area contributed by atoms with Gasteiger partial charge in [0.05, 0.1) is 17.7 Å². The zero-order valence-corrected chi connectivity index (χ0v) is 13.1. The number of rotatable bonds is 3. The van der Waals surface area contributed by atoms with Gasteiger partial charge in [-0.1, -0.05) is 18.2 Å². The molecule has 0 radical (unpaired) electrons. The van der Waals surface area contributed by atoms with Crippen LogP contribution in [-0.2, 0) is 13.1 Å². The number of aromatic hydroxyl groups is 1. The second-order valence-corrected chi connectivity index (χ2v) is 6.11. The van der Waals surface area contributed by atoms with Gasteiger partial charge in [0.1, 0.15) is 5.75 Å². The summed E-state index contributed by atoms with van der Waals surface area (Å²) >= 11 is 0. The maximum atomic E-state index is 11.9. The summed E-state index contributed by atoms with van der Waals surface area (Å²) < 4.78 is 0. The highest BCUT2D eigenvalue weighted by Crippen LogP contribution is 2.33. The number of hydrogen-bond acceptors (Lipinski definition) is 4. The van der Waals surface area contributed by atoms with E-state index in [4.69, 9.17) is 0 Å². The third-order valence-electron chi connectivity index (χ3n) is 4.47. The molecule has 3 N–H and O–H groups in total. The maximum Gasteiger partial charge on any atom is 0.252 e. The molecule has 0 spiro atoms. The minimum absolute atomic E-state index is 0.0539. The van der Waals surface area contributed by atoms with Crippen molar-refractivity contribution in [2.75, 3.05) is 6.54 Å². The first-order valence-electron chi connectivity index (χ1n) is 7.90. The number of benzene rings is 1. The number of aromatic nitrogens is 3. The molecule has 0 bridgehead atoms. The number of imidazole rings is 1. The molecule has 0 fully saturated rings. The van der Waals surface area contributed by atoms with Crippen LogP contribution in [-0.4, -0.2) is 31.5 Å². The van der Waals surface area contributed by atoms with E-state index in [9.17, 15) is 9.90 Å². The molecule has 2 aromatic heterocycles. The van der Waals surface area contributed by atoms with Gasteiger partial charge in [0.15, 0.2) is 0 Å². The Kier molecular flexibility index (Phi) is 3.66. The summed E-state index contributed by atoms with van der Waals surface area (Å²) in [6.45, 7) is 2.04. The van der Waals surface area contributed by atoms with Gasteiger partial charge in [0.2, 0.25) is 0 Å². The molecule has 0 saturated carbocycles. The van der Waals surface area contributed by atoms with Gasteiger partial charge in [0.25, 0.3) is 5.56 Å². The van der Waals surface area contributed by atoms with Gasteiger partial charge in [-0.05, 0) is 23.8 Å². The lowest BCUT2D eigenvalue weighted by atomic mass is 9.90. The maximum absolute atomic E-state index is 11.9. The van der Waals surface area contributed by atoms with Crippen LogP contribution in [0.15, 0.2) is 53.7 Å². The minimum atomic E-state index is -0.0539. The standard InChI is InChI=1S/C18H18N4O2/c23-14-5-1-3-12(7-14)15-9-22(10-16-17(15)21-11-20-16)8-13-4-2-6-19-18(13)24/h1-7,11,15,23H,8-10H2,(H,19,24)(H,20,21). The highest BCUT2D eigenvalue weighted by atomic mass is 16.3. The number of phenolic OH excluding ortho intramolecular Hbond substituents is 1. The van der Waals surface area contributed by atoms with Gasteiger partial charge in [-0.3, -0.25) is 9.69 Å². The Morgan fingerprint density at radius 1 is 1.25 bits per heavy atom. The summed E-state index contributed by atoms with van der Waals surface area (Å²) in [6.07, 6.45) is 3.35. The average molecular weight is 322 g/mol. The Hall–Kier alpha value is -2.86. The van der Waals surface area contributed by atoms with Gasteiger partial charge >= 0.3 is 0 Å². The third kappa shape index (κ3) is 2.72. The molecule has 3 aromatic rings. The topological polar surface area (TPSA) is 85.0 Å². The van der Waals surface area contributed by atoms with Gasteiger partial charge in [-0.15, -0.1) is 0 Å². The van der Waals surface area contributed by atoms with Crippen LogP contribution in [0.25, 0.3) is 0 Å². The van der Waals surface area contributed by atoms with Gasteiger partial charge < -0.3 is 15.1 Å². The number of hydrogen-bond donors (Lipinski definition) is 3. The molecule has 24 heavy (non-hydrogen) atoms. The van der Waals surface area contributed by atoms with E-state index in [1.807, 2.05) is 24.3 Å². The van der Waals surface area contributed by atoms with Crippen molar-refractivity contribution in [2.24, 2.45) is 0 Å². The first-order chi connectivity index (χ1) is 11.7. The Bertz CT molecular complexity index is 915. The number of nitrogens with zero attached hydrogens (tertiary/aromatic N) is 2. The molecular weight excluding hydrogens is 304 g/mol. The zero-order valence-electron chi connectivity index (χ0n) is 13.1. The molecule has 1 atom stereocenters. The fourth-order valence-corrected chi connectivity index (χ4v) is 3.34. The van der Waals surface area contributed by atoms with E-state index in [0.29, 0.717) is 6.54 Å². The van der Waals surface area contributed by atoms with E-state index >= 15 is 0 Å². The fraction of sp³-hybridized carbons (Fsp3) is 0.222. The van der Waals surface area contributed by atoms with Crippen LogP contribution in [0.1, 0.15) is 28.4 Å². The molecule has 0 saturated heterocycles. The first-order valence-corrected chi connectivity index (χ1v) is 7.90. The molecule has 0 aliphatic carbocycles. The molecule has 6 nitrogen and oxygen atoms in total. The van der Waals surface area contributed by atoms with E-state index < -0.39 is 0 Å². The second kappa shape index (κ2) is 5.98. The van der Waals surface area contributed by atoms with Crippen LogP contribution < -0.4 is 5.56 Å². The van der Waals surface area contributed by atoms with Gasteiger partial charge in [-0.25, -0.2) is 4.98 Å². The average Bonchev–Trinajstić information content (AvgIpc) is 3.05. The molecule has 1 aromatic carbocycles. The third-order valence-corrected chi connectivity index (χ3v) is 4.47. The number of pyridine rings is 1. The van der Waals surface area contributed by atoms with E-state index in [0.717, 1.165) is 35.6 Å². The molecule has 4 rings (SSSR count). The number of fused-ring (bicyclic) bond motifs is 1. The first kappa shape index (κ1) is 14.7. The lowest BCUT2D eigenvalue weighted by molar-refractivity contribution is 0.227. The molecule has 1 aliphatic heterocycles. The number of phenols is 1. The SMILES string of the molecule is O=c1[nH]cccc1CN1Cc2[nH]cnc2C(c2cccc(O)c2)C1. The lowest BCUT2D eigenvalue weighted by Gasteiger charge is -2.32. The van der Waals surface area contributed by atoms with Crippen LogP contribution in [0, 0.1) is 0 Å².